The molecule has 0 saturated carbocycles. The second-order valence-corrected chi connectivity index (χ2v) is 8.19. The van der Waals surface area contributed by atoms with Crippen LogP contribution in [0.2, 0.25) is 0 Å². The van der Waals surface area contributed by atoms with Crippen molar-refractivity contribution in [3.8, 4) is 0 Å². The van der Waals surface area contributed by atoms with Crippen LogP contribution in [0.1, 0.15) is 36.5 Å². The zero-order valence-electron chi connectivity index (χ0n) is 16.2. The number of esters is 1. The van der Waals surface area contributed by atoms with E-state index in [1.807, 2.05) is 12.2 Å². The van der Waals surface area contributed by atoms with E-state index < -0.39 is 23.8 Å². The number of carbonyl (C=O) groups excluding carboxylic acids is 1. The predicted octanol–water partition coefficient (Wildman–Crippen LogP) is 5.25. The molecule has 2 aliphatic heterocycles. The summed E-state index contributed by atoms with van der Waals surface area (Å²) in [6.45, 7) is 0.0488. The van der Waals surface area contributed by atoms with E-state index >= 15 is 0 Å². The molecule has 4 nitrogen and oxygen atoms in total. The molecule has 0 spiro atoms. The van der Waals surface area contributed by atoms with Gasteiger partial charge < -0.3 is 14.8 Å². The van der Waals surface area contributed by atoms with Crippen LogP contribution in [0.25, 0.3) is 0 Å². The molecule has 162 valence electrons. The molecule has 1 aromatic carbocycles. The minimum atomic E-state index is -4.43. The summed E-state index contributed by atoms with van der Waals surface area (Å²) in [6.07, 6.45) is 5.23. The first-order valence-corrected chi connectivity index (χ1v) is 10.6. The van der Waals surface area contributed by atoms with Crippen molar-refractivity contribution in [2.24, 2.45) is 11.8 Å². The number of ether oxygens (including phenoxy) is 2. The number of hydrogen-bond acceptors (Lipinski definition) is 4. The Bertz CT molecular complexity index is 855. The van der Waals surface area contributed by atoms with Crippen molar-refractivity contribution in [3.63, 3.8) is 0 Å². The molecule has 2 heterocycles. The summed E-state index contributed by atoms with van der Waals surface area (Å²) in [7, 11) is 0. The third-order valence-corrected chi connectivity index (χ3v) is 6.25. The Labute approximate surface area is 178 Å². The summed E-state index contributed by atoms with van der Waals surface area (Å²) in [5.41, 5.74) is 0.477. The average molecular weight is 442 g/mol. The van der Waals surface area contributed by atoms with Gasteiger partial charge in [0.1, 0.15) is 12.5 Å². The molecule has 4 rings (SSSR count). The lowest BCUT2D eigenvalue weighted by atomic mass is 9.73. The summed E-state index contributed by atoms with van der Waals surface area (Å²) in [5, 5.41) is 3.48. The van der Waals surface area contributed by atoms with Crippen molar-refractivity contribution in [2.45, 2.75) is 43.7 Å². The van der Waals surface area contributed by atoms with Gasteiger partial charge in [-0.25, -0.2) is 0 Å². The summed E-state index contributed by atoms with van der Waals surface area (Å²) < 4.78 is 51.3. The van der Waals surface area contributed by atoms with Gasteiger partial charge in [-0.15, -0.1) is 11.6 Å². The van der Waals surface area contributed by atoms with Gasteiger partial charge in [-0.2, -0.15) is 13.2 Å². The van der Waals surface area contributed by atoms with E-state index in [0.29, 0.717) is 17.7 Å². The molecule has 8 heteroatoms. The van der Waals surface area contributed by atoms with Crippen molar-refractivity contribution in [1.82, 2.24) is 0 Å². The first-order chi connectivity index (χ1) is 14.4. The number of fused-ring (bicyclic) bond motifs is 3. The summed E-state index contributed by atoms with van der Waals surface area (Å²) >= 11 is 5.47. The van der Waals surface area contributed by atoms with Crippen molar-refractivity contribution >= 4 is 23.3 Å². The van der Waals surface area contributed by atoms with Crippen molar-refractivity contribution in [1.29, 1.82) is 0 Å². The second kappa shape index (κ2) is 8.63. The largest absolute Gasteiger partial charge is 0.462 e. The van der Waals surface area contributed by atoms with E-state index in [-0.39, 0.29) is 36.5 Å². The smallest absolute Gasteiger partial charge is 0.416 e. The molecule has 1 aromatic rings. The maximum absolute atomic E-state index is 13.3. The van der Waals surface area contributed by atoms with Crippen LogP contribution in [-0.2, 0) is 20.4 Å². The number of benzene rings is 1. The number of rotatable bonds is 4. The van der Waals surface area contributed by atoms with E-state index in [4.69, 9.17) is 21.1 Å². The van der Waals surface area contributed by atoms with Crippen molar-refractivity contribution < 1.29 is 27.4 Å². The number of anilines is 1. The molecule has 1 saturated heterocycles. The minimum absolute atomic E-state index is 0.0158. The fraction of sp³-hybridized carbons (Fsp3) is 0.500. The predicted molar refractivity (Wildman–Crippen MR) is 107 cm³/mol. The second-order valence-electron chi connectivity index (χ2n) is 7.92. The van der Waals surface area contributed by atoms with Gasteiger partial charge in [0.2, 0.25) is 0 Å². The molecule has 30 heavy (non-hydrogen) atoms. The Hall–Kier alpha value is -1.99. The fourth-order valence-corrected chi connectivity index (χ4v) is 4.69. The number of halogens is 4. The third kappa shape index (κ3) is 4.37. The molecular weight excluding hydrogens is 419 g/mol. The highest BCUT2D eigenvalue weighted by atomic mass is 35.5. The van der Waals surface area contributed by atoms with Gasteiger partial charge in [0, 0.05) is 29.1 Å². The first-order valence-electron chi connectivity index (χ1n) is 10.0. The Morgan fingerprint density at radius 3 is 2.80 bits per heavy atom. The van der Waals surface area contributed by atoms with Crippen LogP contribution in [0.3, 0.4) is 0 Å². The first kappa shape index (κ1) is 21.2. The molecule has 5 atom stereocenters. The van der Waals surface area contributed by atoms with Crippen LogP contribution in [0.15, 0.2) is 42.5 Å². The van der Waals surface area contributed by atoms with Gasteiger partial charge in [-0.1, -0.05) is 24.3 Å². The number of carbonyl (C=O) groups is 1. The van der Waals surface area contributed by atoms with E-state index in [1.54, 1.807) is 0 Å². The topological polar surface area (TPSA) is 47.6 Å². The quantitative estimate of drug-likeness (QED) is 0.512. The molecule has 0 bridgehead atoms. The highest BCUT2D eigenvalue weighted by Crippen LogP contribution is 2.49. The van der Waals surface area contributed by atoms with Crippen LogP contribution >= 0.6 is 11.6 Å². The molecule has 1 fully saturated rings. The lowest BCUT2D eigenvalue weighted by Crippen LogP contribution is -2.47. The number of alkyl halides is 4. The molecule has 0 amide bonds. The summed E-state index contributed by atoms with van der Waals surface area (Å²) in [5.74, 6) is -0.539. The molecular formula is C22H23ClF3NO3. The van der Waals surface area contributed by atoms with E-state index in [1.165, 1.54) is 12.1 Å². The van der Waals surface area contributed by atoms with Crippen LogP contribution in [0.5, 0.6) is 0 Å². The fourth-order valence-electron chi connectivity index (χ4n) is 4.61. The van der Waals surface area contributed by atoms with Crippen LogP contribution < -0.4 is 5.32 Å². The van der Waals surface area contributed by atoms with E-state index in [9.17, 15) is 18.0 Å². The van der Waals surface area contributed by atoms with Crippen molar-refractivity contribution in [2.75, 3.05) is 17.8 Å². The highest BCUT2D eigenvalue weighted by Gasteiger charge is 2.45. The van der Waals surface area contributed by atoms with Gasteiger partial charge in [0.15, 0.2) is 0 Å². The zero-order valence-corrected chi connectivity index (χ0v) is 17.0. The summed E-state index contributed by atoms with van der Waals surface area (Å²) in [4.78, 5) is 11.4. The monoisotopic (exact) mass is 441 g/mol. The Morgan fingerprint density at radius 1 is 1.27 bits per heavy atom. The van der Waals surface area contributed by atoms with Gasteiger partial charge in [-0.05, 0) is 37.5 Å². The van der Waals surface area contributed by atoms with Gasteiger partial charge in [0.25, 0.3) is 0 Å². The molecule has 0 aromatic heterocycles. The molecule has 1 aliphatic carbocycles. The van der Waals surface area contributed by atoms with Crippen LogP contribution in [0.4, 0.5) is 18.9 Å². The maximum atomic E-state index is 13.3. The minimum Gasteiger partial charge on any atom is -0.462 e. The lowest BCUT2D eigenvalue weighted by Gasteiger charge is -2.47. The van der Waals surface area contributed by atoms with E-state index in [2.05, 4.69) is 17.5 Å². The van der Waals surface area contributed by atoms with Crippen LogP contribution in [-0.4, -0.2) is 30.6 Å². The Kier molecular flexibility index (Phi) is 6.11. The Balaban J connectivity index is 1.63. The maximum Gasteiger partial charge on any atom is 0.416 e. The lowest BCUT2D eigenvalue weighted by molar-refractivity contribution is -0.155. The SMILES string of the molecule is O=C(CCl)OC[C@H]1CC[C@@H]2[C@H](O1)c1cc(C(F)(F)F)ccc1N[C@H]2C1C=CC=CC1. The van der Waals surface area contributed by atoms with Gasteiger partial charge >= 0.3 is 12.1 Å². The number of allylic oxidation sites excluding steroid dienone is 3. The van der Waals surface area contributed by atoms with E-state index in [0.717, 1.165) is 18.9 Å². The van der Waals surface area contributed by atoms with Gasteiger partial charge in [-0.3, -0.25) is 4.79 Å². The standard InChI is InChI=1S/C22H23ClF3NO3/c23-11-19(28)29-12-15-7-8-16-20(13-4-2-1-3-5-13)27-18-9-6-14(22(24,25)26)10-17(18)21(16)30-15/h1-4,6,9-10,13,15-16,20-21,27H,5,7-8,11-12H2/t13?,15-,16+,20+,21+/m1/s1. The molecule has 3 aliphatic rings. The normalized spacial score (nSPS) is 30.2. The van der Waals surface area contributed by atoms with Crippen molar-refractivity contribution in [3.05, 3.63) is 53.6 Å². The van der Waals surface area contributed by atoms with Crippen LogP contribution in [0, 0.1) is 11.8 Å². The molecule has 1 unspecified atom stereocenters. The summed E-state index contributed by atoms with van der Waals surface area (Å²) in [6, 6.07) is 3.82. The zero-order chi connectivity index (χ0) is 21.3. The molecule has 1 N–H and O–H groups in total. The Morgan fingerprint density at radius 2 is 2.10 bits per heavy atom. The molecule has 0 radical (unpaired) electrons. The van der Waals surface area contributed by atoms with Gasteiger partial charge in [0.05, 0.1) is 17.8 Å². The number of nitrogens with one attached hydrogen (secondary N) is 1. The third-order valence-electron chi connectivity index (χ3n) is 6.03. The highest BCUT2D eigenvalue weighted by molar-refractivity contribution is 6.26. The average Bonchev–Trinajstić information content (AvgIpc) is 2.76. The number of hydrogen-bond donors (Lipinski definition) is 1.